The Bertz CT molecular complexity index is 414. The number of nitrogens with zero attached hydrogens (tertiary/aromatic N) is 2. The van der Waals surface area contributed by atoms with E-state index in [1.165, 1.54) is 19.0 Å². The van der Waals surface area contributed by atoms with Gasteiger partial charge in [0.25, 0.3) is 0 Å². The third kappa shape index (κ3) is 3.66. The highest BCUT2D eigenvalue weighted by Crippen LogP contribution is 2.24. The molecule has 0 unspecified atom stereocenters. The van der Waals surface area contributed by atoms with Crippen LogP contribution in [0.5, 0.6) is 0 Å². The Labute approximate surface area is 115 Å². The molecule has 1 aliphatic carbocycles. The highest BCUT2D eigenvalue weighted by Gasteiger charge is 2.22. The van der Waals surface area contributed by atoms with E-state index in [1.54, 1.807) is 6.07 Å². The molecule has 1 fully saturated rings. The fourth-order valence-electron chi connectivity index (χ4n) is 2.47. The van der Waals surface area contributed by atoms with E-state index in [9.17, 15) is 4.39 Å². The van der Waals surface area contributed by atoms with E-state index in [2.05, 4.69) is 36.1 Å². The summed E-state index contributed by atoms with van der Waals surface area (Å²) in [6.07, 6.45) is 5.93. The zero-order valence-corrected chi connectivity index (χ0v) is 12.1. The van der Waals surface area contributed by atoms with Gasteiger partial charge in [0.15, 0.2) is 0 Å². The number of hydrogen-bond donors (Lipinski definition) is 1. The van der Waals surface area contributed by atoms with Gasteiger partial charge in [-0.2, -0.15) is 0 Å². The summed E-state index contributed by atoms with van der Waals surface area (Å²) in [6, 6.07) is 2.68. The Morgan fingerprint density at radius 3 is 2.68 bits per heavy atom. The van der Waals surface area contributed by atoms with Crippen molar-refractivity contribution in [1.82, 2.24) is 10.3 Å². The molecule has 0 aromatic carbocycles. The largest absolute Gasteiger partial charge is 0.356 e. The zero-order chi connectivity index (χ0) is 13.8. The highest BCUT2D eigenvalue weighted by atomic mass is 19.1. The van der Waals surface area contributed by atoms with Gasteiger partial charge in [0.05, 0.1) is 6.20 Å². The van der Waals surface area contributed by atoms with Crippen molar-refractivity contribution in [2.45, 2.75) is 58.2 Å². The first-order valence-electron chi connectivity index (χ1n) is 7.26. The molecule has 1 aromatic heterocycles. The van der Waals surface area contributed by atoms with E-state index in [0.717, 1.165) is 24.2 Å². The van der Waals surface area contributed by atoms with Gasteiger partial charge in [-0.25, -0.2) is 9.37 Å². The first-order valence-corrected chi connectivity index (χ1v) is 7.26. The fourth-order valence-corrected chi connectivity index (χ4v) is 2.47. The van der Waals surface area contributed by atoms with E-state index in [-0.39, 0.29) is 5.82 Å². The molecule has 3 nitrogen and oxygen atoms in total. The molecule has 0 atom stereocenters. The van der Waals surface area contributed by atoms with Crippen LogP contribution in [0.2, 0.25) is 0 Å². The lowest BCUT2D eigenvalue weighted by Crippen LogP contribution is -2.32. The van der Waals surface area contributed by atoms with Crippen molar-refractivity contribution < 1.29 is 4.39 Å². The van der Waals surface area contributed by atoms with Crippen LogP contribution in [0.25, 0.3) is 0 Å². The lowest BCUT2D eigenvalue weighted by atomic mass is 10.1. The van der Waals surface area contributed by atoms with Crippen molar-refractivity contribution in [2.75, 3.05) is 11.9 Å². The quantitative estimate of drug-likeness (QED) is 0.821. The van der Waals surface area contributed by atoms with E-state index < -0.39 is 0 Å². The summed E-state index contributed by atoms with van der Waals surface area (Å²) in [6.45, 7) is 5.06. The van der Waals surface area contributed by atoms with Crippen molar-refractivity contribution in [3.05, 3.63) is 23.6 Å². The van der Waals surface area contributed by atoms with Crippen LogP contribution in [-0.4, -0.2) is 24.1 Å². The average molecular weight is 265 g/mol. The van der Waals surface area contributed by atoms with Crippen molar-refractivity contribution in [3.63, 3.8) is 0 Å². The molecule has 2 rings (SSSR count). The fraction of sp³-hybridized carbons (Fsp3) is 0.667. The third-order valence-corrected chi connectivity index (χ3v) is 3.89. The number of nitrogens with one attached hydrogen (secondary N) is 1. The molecule has 0 bridgehead atoms. The van der Waals surface area contributed by atoms with Crippen molar-refractivity contribution in [2.24, 2.45) is 0 Å². The molecule has 0 radical (unpaired) electrons. The van der Waals surface area contributed by atoms with E-state index >= 15 is 0 Å². The van der Waals surface area contributed by atoms with Crippen LogP contribution in [0.3, 0.4) is 0 Å². The predicted molar refractivity (Wildman–Crippen MR) is 76.8 cm³/mol. The van der Waals surface area contributed by atoms with Crippen LogP contribution in [0.4, 0.5) is 10.2 Å². The SMILES string of the molecule is CCC(CC)N(C)c1ncc(F)cc1CNC1CC1. The molecule has 106 valence electrons. The van der Waals surface area contributed by atoms with Crippen LogP contribution in [-0.2, 0) is 6.54 Å². The maximum absolute atomic E-state index is 13.4. The minimum absolute atomic E-state index is 0.255. The summed E-state index contributed by atoms with van der Waals surface area (Å²) < 4.78 is 13.4. The molecule has 1 N–H and O–H groups in total. The number of halogens is 1. The molecule has 1 saturated carbocycles. The van der Waals surface area contributed by atoms with E-state index in [0.29, 0.717) is 18.6 Å². The topological polar surface area (TPSA) is 28.2 Å². The number of anilines is 1. The first kappa shape index (κ1) is 14.3. The van der Waals surface area contributed by atoms with Crippen LogP contribution in [0.1, 0.15) is 45.1 Å². The Hall–Kier alpha value is -1.16. The number of aromatic nitrogens is 1. The van der Waals surface area contributed by atoms with Gasteiger partial charge in [-0.15, -0.1) is 0 Å². The summed E-state index contributed by atoms with van der Waals surface area (Å²) in [5, 5.41) is 3.44. The molecule has 19 heavy (non-hydrogen) atoms. The maximum atomic E-state index is 13.4. The molecule has 0 saturated heterocycles. The normalized spacial score (nSPS) is 15.0. The van der Waals surface area contributed by atoms with E-state index in [1.807, 2.05) is 0 Å². The molecule has 1 aromatic rings. The van der Waals surface area contributed by atoms with Crippen molar-refractivity contribution in [1.29, 1.82) is 0 Å². The Morgan fingerprint density at radius 2 is 2.11 bits per heavy atom. The van der Waals surface area contributed by atoms with Crippen LogP contribution < -0.4 is 10.2 Å². The average Bonchev–Trinajstić information content (AvgIpc) is 3.21. The van der Waals surface area contributed by atoms with Gasteiger partial charge in [0.2, 0.25) is 0 Å². The van der Waals surface area contributed by atoms with Crippen LogP contribution >= 0.6 is 0 Å². The molecule has 1 heterocycles. The second-order valence-corrected chi connectivity index (χ2v) is 5.37. The first-order chi connectivity index (χ1) is 9.15. The van der Waals surface area contributed by atoms with Crippen LogP contribution in [0, 0.1) is 5.82 Å². The lowest BCUT2D eigenvalue weighted by molar-refractivity contribution is 0.574. The molecular weight excluding hydrogens is 241 g/mol. The minimum Gasteiger partial charge on any atom is -0.356 e. The summed E-state index contributed by atoms with van der Waals surface area (Å²) >= 11 is 0. The molecule has 0 aliphatic heterocycles. The Balaban J connectivity index is 2.16. The van der Waals surface area contributed by atoms with Gasteiger partial charge < -0.3 is 10.2 Å². The zero-order valence-electron chi connectivity index (χ0n) is 12.1. The summed E-state index contributed by atoms with van der Waals surface area (Å²) in [5.41, 5.74) is 0.960. The second-order valence-electron chi connectivity index (χ2n) is 5.37. The summed E-state index contributed by atoms with van der Waals surface area (Å²) in [5.74, 6) is 0.651. The van der Waals surface area contributed by atoms with Gasteiger partial charge in [0, 0.05) is 31.2 Å². The van der Waals surface area contributed by atoms with Crippen molar-refractivity contribution in [3.8, 4) is 0 Å². The number of rotatable bonds is 7. The second kappa shape index (κ2) is 6.33. The molecule has 4 heteroatoms. The van der Waals surface area contributed by atoms with Gasteiger partial charge in [-0.05, 0) is 31.7 Å². The molecule has 0 spiro atoms. The number of pyridine rings is 1. The molecule has 0 amide bonds. The third-order valence-electron chi connectivity index (χ3n) is 3.89. The summed E-state index contributed by atoms with van der Waals surface area (Å²) in [4.78, 5) is 6.49. The van der Waals surface area contributed by atoms with Gasteiger partial charge in [-0.3, -0.25) is 0 Å². The smallest absolute Gasteiger partial charge is 0.141 e. The number of hydrogen-bond acceptors (Lipinski definition) is 3. The lowest BCUT2D eigenvalue weighted by Gasteiger charge is -2.29. The van der Waals surface area contributed by atoms with Gasteiger partial charge in [0.1, 0.15) is 11.6 Å². The van der Waals surface area contributed by atoms with Crippen LogP contribution in [0.15, 0.2) is 12.3 Å². The predicted octanol–water partition coefficient (Wildman–Crippen LogP) is 3.10. The molecular formula is C15H24FN3. The minimum atomic E-state index is -0.255. The molecule has 1 aliphatic rings. The maximum Gasteiger partial charge on any atom is 0.141 e. The van der Waals surface area contributed by atoms with E-state index in [4.69, 9.17) is 0 Å². The monoisotopic (exact) mass is 265 g/mol. The Morgan fingerprint density at radius 1 is 1.42 bits per heavy atom. The highest BCUT2D eigenvalue weighted by molar-refractivity contribution is 5.47. The summed E-state index contributed by atoms with van der Waals surface area (Å²) in [7, 11) is 2.05. The van der Waals surface area contributed by atoms with Gasteiger partial charge in [-0.1, -0.05) is 13.8 Å². The van der Waals surface area contributed by atoms with Gasteiger partial charge >= 0.3 is 0 Å². The standard InChI is InChI=1S/C15H24FN3/c1-4-14(5-2)19(3)15-11(8-12(16)10-18-15)9-17-13-6-7-13/h8,10,13-14,17H,4-7,9H2,1-3H3. The van der Waals surface area contributed by atoms with Crippen molar-refractivity contribution >= 4 is 5.82 Å². The Kier molecular flexibility index (Phi) is 4.75.